The highest BCUT2D eigenvalue weighted by molar-refractivity contribution is 7.21. The zero-order valence-electron chi connectivity index (χ0n) is 10.0. The largest absolute Gasteiger partial charge is 0.449 e. The monoisotopic (exact) mass is 298 g/mol. The van der Waals surface area contributed by atoms with E-state index in [-0.39, 0.29) is 6.61 Å². The lowest BCUT2D eigenvalue weighted by Gasteiger charge is -2.05. The van der Waals surface area contributed by atoms with Crippen LogP contribution in [0.2, 0.25) is 5.02 Å². The standard InChI is InChI=1S/C12H11ClN2O3S/c1-2-18-12(17)15-14-11(16)10-9(13)7-5-3-4-6-8(7)19-10/h3-6H,2H2,1H3,(H,14,16)(H,15,17). The molecular formula is C12H11ClN2O3S. The Morgan fingerprint density at radius 1 is 1.32 bits per heavy atom. The summed E-state index contributed by atoms with van der Waals surface area (Å²) in [5, 5.41) is 1.19. The van der Waals surface area contributed by atoms with E-state index in [4.69, 9.17) is 11.6 Å². The van der Waals surface area contributed by atoms with Crippen molar-refractivity contribution in [1.29, 1.82) is 0 Å². The Kier molecular flexibility index (Phi) is 4.24. The summed E-state index contributed by atoms with van der Waals surface area (Å²) in [6.45, 7) is 1.90. The lowest BCUT2D eigenvalue weighted by Crippen LogP contribution is -2.41. The minimum Gasteiger partial charge on any atom is -0.449 e. The quantitative estimate of drug-likeness (QED) is 0.838. The molecule has 2 rings (SSSR count). The van der Waals surface area contributed by atoms with Gasteiger partial charge in [-0.15, -0.1) is 11.3 Å². The van der Waals surface area contributed by atoms with E-state index in [9.17, 15) is 9.59 Å². The van der Waals surface area contributed by atoms with Gasteiger partial charge in [0.15, 0.2) is 0 Å². The molecule has 0 radical (unpaired) electrons. The van der Waals surface area contributed by atoms with E-state index < -0.39 is 12.0 Å². The second kappa shape index (κ2) is 5.90. The van der Waals surface area contributed by atoms with E-state index >= 15 is 0 Å². The molecule has 2 amide bonds. The number of carbonyl (C=O) groups is 2. The van der Waals surface area contributed by atoms with Gasteiger partial charge in [-0.3, -0.25) is 10.2 Å². The number of halogens is 1. The van der Waals surface area contributed by atoms with E-state index in [1.54, 1.807) is 6.92 Å². The molecule has 1 aromatic heterocycles. The number of fused-ring (bicyclic) bond motifs is 1. The SMILES string of the molecule is CCOC(=O)NNC(=O)c1sc2ccccc2c1Cl. The van der Waals surface area contributed by atoms with Crippen molar-refractivity contribution in [3.63, 3.8) is 0 Å². The Bertz CT molecular complexity index is 626. The summed E-state index contributed by atoms with van der Waals surface area (Å²) in [5.74, 6) is -0.473. The number of thiophene rings is 1. The van der Waals surface area contributed by atoms with Crippen LogP contribution < -0.4 is 10.9 Å². The van der Waals surface area contributed by atoms with Gasteiger partial charge in [-0.1, -0.05) is 29.8 Å². The van der Waals surface area contributed by atoms with Gasteiger partial charge < -0.3 is 4.74 Å². The van der Waals surface area contributed by atoms with E-state index in [1.807, 2.05) is 24.3 Å². The first-order chi connectivity index (χ1) is 9.13. The number of ether oxygens (including phenoxy) is 1. The highest BCUT2D eigenvalue weighted by Crippen LogP contribution is 2.34. The van der Waals surface area contributed by atoms with Gasteiger partial charge in [0, 0.05) is 10.1 Å². The third kappa shape index (κ3) is 2.97. The number of hydrazine groups is 1. The van der Waals surface area contributed by atoms with E-state index in [1.165, 1.54) is 11.3 Å². The van der Waals surface area contributed by atoms with Gasteiger partial charge in [0.2, 0.25) is 0 Å². The molecule has 1 aromatic carbocycles. The zero-order chi connectivity index (χ0) is 13.8. The van der Waals surface area contributed by atoms with Gasteiger partial charge in [0.25, 0.3) is 5.91 Å². The molecule has 2 aromatic rings. The van der Waals surface area contributed by atoms with Gasteiger partial charge in [0.05, 0.1) is 11.6 Å². The molecular weight excluding hydrogens is 288 g/mol. The van der Waals surface area contributed by atoms with Crippen molar-refractivity contribution in [3.05, 3.63) is 34.2 Å². The minimum absolute atomic E-state index is 0.228. The van der Waals surface area contributed by atoms with Gasteiger partial charge >= 0.3 is 6.09 Å². The van der Waals surface area contributed by atoms with Crippen molar-refractivity contribution < 1.29 is 14.3 Å². The Morgan fingerprint density at radius 3 is 2.74 bits per heavy atom. The van der Waals surface area contributed by atoms with Crippen LogP contribution in [0.25, 0.3) is 10.1 Å². The lowest BCUT2D eigenvalue weighted by atomic mass is 10.2. The van der Waals surface area contributed by atoms with Crippen LogP contribution in [-0.4, -0.2) is 18.6 Å². The maximum atomic E-state index is 11.9. The molecule has 0 saturated carbocycles. The van der Waals surface area contributed by atoms with Crippen LogP contribution in [0.15, 0.2) is 24.3 Å². The van der Waals surface area contributed by atoms with Gasteiger partial charge in [-0.2, -0.15) is 0 Å². The molecule has 100 valence electrons. The number of rotatable bonds is 2. The first-order valence-corrected chi connectivity index (χ1v) is 6.73. The van der Waals surface area contributed by atoms with Crippen molar-refractivity contribution in [3.8, 4) is 0 Å². The second-order valence-electron chi connectivity index (χ2n) is 3.54. The summed E-state index contributed by atoms with van der Waals surface area (Å²) in [7, 11) is 0. The fourth-order valence-electron chi connectivity index (χ4n) is 1.49. The van der Waals surface area contributed by atoms with Crippen molar-refractivity contribution in [2.24, 2.45) is 0 Å². The molecule has 1 heterocycles. The fraction of sp³-hybridized carbons (Fsp3) is 0.167. The van der Waals surface area contributed by atoms with Crippen molar-refractivity contribution in [2.45, 2.75) is 6.92 Å². The average molecular weight is 299 g/mol. The van der Waals surface area contributed by atoms with Crippen molar-refractivity contribution in [1.82, 2.24) is 10.9 Å². The maximum Gasteiger partial charge on any atom is 0.426 e. The summed E-state index contributed by atoms with van der Waals surface area (Å²) in [5.41, 5.74) is 4.39. The summed E-state index contributed by atoms with van der Waals surface area (Å²) >= 11 is 7.40. The summed E-state index contributed by atoms with van der Waals surface area (Å²) in [6.07, 6.45) is -0.715. The molecule has 0 spiro atoms. The first kappa shape index (κ1) is 13.6. The zero-order valence-corrected chi connectivity index (χ0v) is 11.6. The van der Waals surface area contributed by atoms with Gasteiger partial charge in [0.1, 0.15) is 4.88 Å². The highest BCUT2D eigenvalue weighted by atomic mass is 35.5. The molecule has 7 heteroatoms. The second-order valence-corrected chi connectivity index (χ2v) is 4.97. The van der Waals surface area contributed by atoms with Crippen LogP contribution in [0.4, 0.5) is 4.79 Å². The predicted molar refractivity (Wildman–Crippen MR) is 74.5 cm³/mol. The van der Waals surface area contributed by atoms with Crippen LogP contribution in [-0.2, 0) is 4.74 Å². The molecule has 0 atom stereocenters. The number of carbonyl (C=O) groups excluding carboxylic acids is 2. The molecule has 2 N–H and O–H groups in total. The van der Waals surface area contributed by atoms with E-state index in [0.29, 0.717) is 9.90 Å². The molecule has 0 aliphatic heterocycles. The Balaban J connectivity index is 2.13. The number of nitrogens with one attached hydrogen (secondary N) is 2. The van der Waals surface area contributed by atoms with Crippen LogP contribution in [0.5, 0.6) is 0 Å². The maximum absolute atomic E-state index is 11.9. The molecule has 0 saturated heterocycles. The number of benzene rings is 1. The van der Waals surface area contributed by atoms with Gasteiger partial charge in [-0.25, -0.2) is 10.2 Å². The van der Waals surface area contributed by atoms with E-state index in [0.717, 1.165) is 10.1 Å². The van der Waals surface area contributed by atoms with Crippen LogP contribution in [0, 0.1) is 0 Å². The molecule has 0 fully saturated rings. The Labute approximate surface area is 118 Å². The third-order valence-electron chi connectivity index (χ3n) is 2.29. The summed E-state index contributed by atoms with van der Waals surface area (Å²) in [4.78, 5) is 23.3. The number of hydrogen-bond donors (Lipinski definition) is 2. The lowest BCUT2D eigenvalue weighted by molar-refractivity contribution is 0.0917. The van der Waals surface area contributed by atoms with E-state index in [2.05, 4.69) is 15.6 Å². The number of hydrogen-bond acceptors (Lipinski definition) is 4. The highest BCUT2D eigenvalue weighted by Gasteiger charge is 2.17. The Hall–Kier alpha value is -1.79. The predicted octanol–water partition coefficient (Wildman–Crippen LogP) is 2.95. The van der Waals surface area contributed by atoms with Crippen molar-refractivity contribution >= 4 is 45.0 Å². The third-order valence-corrected chi connectivity index (χ3v) is 3.97. The smallest absolute Gasteiger partial charge is 0.426 e. The average Bonchev–Trinajstić information content (AvgIpc) is 2.74. The van der Waals surface area contributed by atoms with Crippen molar-refractivity contribution in [2.75, 3.05) is 6.61 Å². The fourth-order valence-corrected chi connectivity index (χ4v) is 2.90. The molecule has 0 aliphatic rings. The topological polar surface area (TPSA) is 67.4 Å². The molecule has 5 nitrogen and oxygen atoms in total. The van der Waals surface area contributed by atoms with Crippen LogP contribution in [0.3, 0.4) is 0 Å². The summed E-state index contributed by atoms with van der Waals surface area (Å²) in [6, 6.07) is 7.43. The number of amides is 2. The molecule has 0 bridgehead atoms. The Morgan fingerprint density at radius 2 is 2.05 bits per heavy atom. The van der Waals surface area contributed by atoms with Crippen LogP contribution in [0.1, 0.15) is 16.6 Å². The molecule has 19 heavy (non-hydrogen) atoms. The normalized spacial score (nSPS) is 10.2. The molecule has 0 aliphatic carbocycles. The molecule has 0 unspecified atom stereocenters. The minimum atomic E-state index is -0.715. The van der Waals surface area contributed by atoms with Crippen LogP contribution >= 0.6 is 22.9 Å². The summed E-state index contributed by atoms with van der Waals surface area (Å²) < 4.78 is 5.53. The first-order valence-electron chi connectivity index (χ1n) is 5.53. The van der Waals surface area contributed by atoms with Gasteiger partial charge in [-0.05, 0) is 13.0 Å².